The molecule has 1 aliphatic carbocycles. The molecular weight excluding hydrogens is 264 g/mol. The number of aromatic nitrogens is 1. The fourth-order valence-electron chi connectivity index (χ4n) is 2.76. The second kappa shape index (κ2) is 5.53. The van der Waals surface area contributed by atoms with Crippen molar-refractivity contribution in [2.75, 3.05) is 13.2 Å². The van der Waals surface area contributed by atoms with Gasteiger partial charge in [-0.1, -0.05) is 18.2 Å². The topological polar surface area (TPSA) is 65.1 Å². The molecule has 1 aromatic heterocycles. The molecule has 4 nitrogen and oxygen atoms in total. The van der Waals surface area contributed by atoms with Gasteiger partial charge in [-0.3, -0.25) is 4.79 Å². The lowest BCUT2D eigenvalue weighted by molar-refractivity contribution is -0.121. The maximum absolute atomic E-state index is 11.9. The molecule has 1 heterocycles. The van der Waals surface area contributed by atoms with Crippen molar-refractivity contribution in [1.29, 1.82) is 0 Å². The highest BCUT2D eigenvalue weighted by atomic mass is 16.3. The van der Waals surface area contributed by atoms with Gasteiger partial charge in [0, 0.05) is 35.5 Å². The van der Waals surface area contributed by atoms with Crippen LogP contribution in [-0.2, 0) is 11.2 Å². The Morgan fingerprint density at radius 1 is 1.43 bits per heavy atom. The second-order valence-electron chi connectivity index (χ2n) is 6.25. The molecule has 0 bridgehead atoms. The molecule has 0 aliphatic heterocycles. The van der Waals surface area contributed by atoms with Gasteiger partial charge in [0.1, 0.15) is 0 Å². The Labute approximate surface area is 124 Å². The van der Waals surface area contributed by atoms with Crippen LogP contribution in [0.15, 0.2) is 24.4 Å². The summed E-state index contributed by atoms with van der Waals surface area (Å²) in [5.41, 5.74) is 3.55. The number of amides is 1. The number of carbonyl (C=O) groups excluding carboxylic acids is 1. The largest absolute Gasteiger partial charge is 0.396 e. The van der Waals surface area contributed by atoms with Gasteiger partial charge in [0.25, 0.3) is 0 Å². The van der Waals surface area contributed by atoms with Crippen molar-refractivity contribution in [2.45, 2.75) is 32.6 Å². The number of rotatable bonds is 6. The molecule has 0 atom stereocenters. The van der Waals surface area contributed by atoms with E-state index in [0.717, 1.165) is 24.8 Å². The average molecular weight is 286 g/mol. The van der Waals surface area contributed by atoms with Crippen molar-refractivity contribution < 1.29 is 9.90 Å². The highest BCUT2D eigenvalue weighted by Crippen LogP contribution is 2.44. The minimum Gasteiger partial charge on any atom is -0.396 e. The zero-order valence-electron chi connectivity index (χ0n) is 12.4. The number of hydrogen-bond acceptors (Lipinski definition) is 2. The SMILES string of the molecule is Cc1cccc2c(CCC(=O)NCC3(CO)CC3)c[nH]c12. The number of fused-ring (bicyclic) bond motifs is 1. The molecule has 4 heteroatoms. The molecule has 0 spiro atoms. The van der Waals surface area contributed by atoms with E-state index < -0.39 is 0 Å². The predicted octanol–water partition coefficient (Wildman–Crippen LogP) is 2.30. The normalized spacial score (nSPS) is 16.1. The standard InChI is InChI=1S/C17H22N2O2/c1-12-3-2-4-14-13(9-18-16(12)14)5-6-15(21)19-10-17(11-20)7-8-17/h2-4,9,18,20H,5-8,10-11H2,1H3,(H,19,21). The average Bonchev–Trinajstić information content (AvgIpc) is 3.16. The first kappa shape index (κ1) is 14.1. The summed E-state index contributed by atoms with van der Waals surface area (Å²) in [7, 11) is 0. The molecule has 21 heavy (non-hydrogen) atoms. The molecule has 0 saturated heterocycles. The first-order chi connectivity index (χ1) is 10.1. The van der Waals surface area contributed by atoms with Gasteiger partial charge in [0.05, 0.1) is 6.61 Å². The lowest BCUT2D eigenvalue weighted by atomic mass is 10.1. The van der Waals surface area contributed by atoms with Gasteiger partial charge in [-0.15, -0.1) is 0 Å². The Balaban J connectivity index is 1.56. The van der Waals surface area contributed by atoms with Gasteiger partial charge < -0.3 is 15.4 Å². The number of aromatic amines is 1. The van der Waals surface area contributed by atoms with Gasteiger partial charge in [0.15, 0.2) is 0 Å². The van der Waals surface area contributed by atoms with Gasteiger partial charge >= 0.3 is 0 Å². The summed E-state index contributed by atoms with van der Waals surface area (Å²) in [6.07, 6.45) is 5.27. The Morgan fingerprint density at radius 2 is 2.24 bits per heavy atom. The highest BCUT2D eigenvalue weighted by Gasteiger charge is 2.41. The molecule has 1 aromatic carbocycles. The van der Waals surface area contributed by atoms with Crippen LogP contribution in [0, 0.1) is 12.3 Å². The Morgan fingerprint density at radius 3 is 2.95 bits per heavy atom. The summed E-state index contributed by atoms with van der Waals surface area (Å²) in [5.74, 6) is 0.0664. The van der Waals surface area contributed by atoms with Crippen molar-refractivity contribution in [1.82, 2.24) is 10.3 Å². The van der Waals surface area contributed by atoms with Gasteiger partial charge in [-0.05, 0) is 37.3 Å². The Hall–Kier alpha value is -1.81. The molecule has 1 saturated carbocycles. The van der Waals surface area contributed by atoms with Crippen LogP contribution in [0.5, 0.6) is 0 Å². The predicted molar refractivity (Wildman–Crippen MR) is 83.1 cm³/mol. The van der Waals surface area contributed by atoms with E-state index >= 15 is 0 Å². The van der Waals surface area contributed by atoms with Crippen molar-refractivity contribution in [3.8, 4) is 0 Å². The first-order valence-corrected chi connectivity index (χ1v) is 7.57. The van der Waals surface area contributed by atoms with Gasteiger partial charge in [0.2, 0.25) is 5.91 Å². The molecule has 3 rings (SSSR count). The summed E-state index contributed by atoms with van der Waals surface area (Å²) in [6.45, 7) is 2.86. The molecular formula is C17H22N2O2. The minimum absolute atomic E-state index is 0.0203. The number of aliphatic hydroxyl groups is 1. The number of hydrogen-bond donors (Lipinski definition) is 3. The van der Waals surface area contributed by atoms with Crippen LogP contribution in [0.25, 0.3) is 10.9 Å². The molecule has 0 radical (unpaired) electrons. The molecule has 0 unspecified atom stereocenters. The third kappa shape index (κ3) is 2.95. The van der Waals surface area contributed by atoms with E-state index in [1.54, 1.807) is 0 Å². The smallest absolute Gasteiger partial charge is 0.220 e. The van der Waals surface area contributed by atoms with E-state index in [2.05, 4.69) is 29.4 Å². The quantitative estimate of drug-likeness (QED) is 0.763. The van der Waals surface area contributed by atoms with E-state index in [1.165, 1.54) is 16.5 Å². The molecule has 3 N–H and O–H groups in total. The van der Waals surface area contributed by atoms with Gasteiger partial charge in [-0.25, -0.2) is 0 Å². The minimum atomic E-state index is -0.0203. The number of aliphatic hydroxyl groups excluding tert-OH is 1. The van der Waals surface area contributed by atoms with Crippen molar-refractivity contribution in [3.63, 3.8) is 0 Å². The van der Waals surface area contributed by atoms with E-state index in [0.29, 0.717) is 13.0 Å². The van der Waals surface area contributed by atoms with E-state index in [1.807, 2.05) is 12.3 Å². The third-order valence-corrected chi connectivity index (χ3v) is 4.58. The van der Waals surface area contributed by atoms with Crippen LogP contribution in [0.1, 0.15) is 30.4 Å². The number of aryl methyl sites for hydroxylation is 2. The molecule has 1 aliphatic rings. The Bertz CT molecular complexity index is 656. The van der Waals surface area contributed by atoms with E-state index in [-0.39, 0.29) is 17.9 Å². The number of nitrogens with one attached hydrogen (secondary N) is 2. The van der Waals surface area contributed by atoms with E-state index in [9.17, 15) is 9.90 Å². The second-order valence-corrected chi connectivity index (χ2v) is 6.25. The van der Waals surface area contributed by atoms with Crippen LogP contribution in [-0.4, -0.2) is 29.1 Å². The summed E-state index contributed by atoms with van der Waals surface area (Å²) in [4.78, 5) is 15.2. The first-order valence-electron chi connectivity index (χ1n) is 7.57. The van der Waals surface area contributed by atoms with Crippen LogP contribution in [0.3, 0.4) is 0 Å². The lowest BCUT2D eigenvalue weighted by Crippen LogP contribution is -2.31. The zero-order valence-corrected chi connectivity index (χ0v) is 12.4. The summed E-state index contributed by atoms with van der Waals surface area (Å²) in [5, 5.41) is 13.4. The maximum Gasteiger partial charge on any atom is 0.220 e. The monoisotopic (exact) mass is 286 g/mol. The summed E-state index contributed by atoms with van der Waals surface area (Å²) in [6, 6.07) is 6.23. The fourth-order valence-corrected chi connectivity index (χ4v) is 2.76. The molecule has 112 valence electrons. The van der Waals surface area contributed by atoms with Crippen molar-refractivity contribution in [3.05, 3.63) is 35.5 Å². The van der Waals surface area contributed by atoms with Gasteiger partial charge in [-0.2, -0.15) is 0 Å². The molecule has 1 amide bonds. The van der Waals surface area contributed by atoms with Crippen LogP contribution >= 0.6 is 0 Å². The Kier molecular flexibility index (Phi) is 3.72. The molecule has 2 aromatic rings. The van der Waals surface area contributed by atoms with Crippen LogP contribution < -0.4 is 5.32 Å². The zero-order chi connectivity index (χ0) is 14.9. The third-order valence-electron chi connectivity index (χ3n) is 4.58. The summed E-state index contributed by atoms with van der Waals surface area (Å²) < 4.78 is 0. The van der Waals surface area contributed by atoms with Crippen LogP contribution in [0.2, 0.25) is 0 Å². The number of benzene rings is 1. The fraction of sp³-hybridized carbons (Fsp3) is 0.471. The van der Waals surface area contributed by atoms with Crippen molar-refractivity contribution in [2.24, 2.45) is 5.41 Å². The van der Waals surface area contributed by atoms with E-state index in [4.69, 9.17) is 0 Å². The lowest BCUT2D eigenvalue weighted by Gasteiger charge is -2.12. The maximum atomic E-state index is 11.9. The summed E-state index contributed by atoms with van der Waals surface area (Å²) >= 11 is 0. The van der Waals surface area contributed by atoms with Crippen LogP contribution in [0.4, 0.5) is 0 Å². The molecule has 1 fully saturated rings. The number of carbonyl (C=O) groups is 1. The number of H-pyrrole nitrogens is 1. The van der Waals surface area contributed by atoms with Crippen molar-refractivity contribution >= 4 is 16.8 Å². The highest BCUT2D eigenvalue weighted by molar-refractivity contribution is 5.86. The number of para-hydroxylation sites is 1.